The van der Waals surface area contributed by atoms with Crippen LogP contribution in [-0.4, -0.2) is 25.6 Å². The first-order valence-electron chi connectivity index (χ1n) is 5.61. The van der Waals surface area contributed by atoms with E-state index >= 15 is 0 Å². The molecule has 0 aliphatic rings. The molecule has 0 atom stereocenters. The van der Waals surface area contributed by atoms with Gasteiger partial charge in [-0.15, -0.1) is 16.7 Å². The molecule has 2 rings (SSSR count). The van der Waals surface area contributed by atoms with Gasteiger partial charge in [0.2, 0.25) is 0 Å². The van der Waals surface area contributed by atoms with E-state index in [4.69, 9.17) is 13.9 Å². The molecule has 0 radical (unpaired) electrons. The third kappa shape index (κ3) is 2.32. The van der Waals surface area contributed by atoms with Crippen LogP contribution in [0.2, 0.25) is 0 Å². The van der Waals surface area contributed by atoms with Crippen LogP contribution in [0, 0.1) is 4.91 Å². The Morgan fingerprint density at radius 1 is 1.25 bits per heavy atom. The largest absolute Gasteiger partial charge is 0.493 e. The van der Waals surface area contributed by atoms with Crippen molar-refractivity contribution >= 4 is 17.6 Å². The van der Waals surface area contributed by atoms with E-state index in [1.54, 1.807) is 24.5 Å². The van der Waals surface area contributed by atoms with Gasteiger partial charge >= 0.3 is 0 Å². The van der Waals surface area contributed by atoms with Gasteiger partial charge in [0.1, 0.15) is 0 Å². The van der Waals surface area contributed by atoms with Crippen molar-refractivity contribution in [2.75, 3.05) is 20.5 Å². The van der Waals surface area contributed by atoms with Crippen LogP contribution in [-0.2, 0) is 0 Å². The second-order valence-corrected chi connectivity index (χ2v) is 4.60. The third-order valence-corrected chi connectivity index (χ3v) is 3.57. The van der Waals surface area contributed by atoms with Crippen LogP contribution in [0.25, 0.3) is 11.1 Å². The maximum Gasteiger partial charge on any atom is 0.293 e. The molecule has 1 aromatic heterocycles. The summed E-state index contributed by atoms with van der Waals surface area (Å²) in [6.45, 7) is 0. The van der Waals surface area contributed by atoms with Crippen molar-refractivity contribution in [3.63, 3.8) is 0 Å². The fourth-order valence-electron chi connectivity index (χ4n) is 1.89. The lowest BCUT2D eigenvalue weighted by Gasteiger charge is -2.09. The van der Waals surface area contributed by atoms with Crippen molar-refractivity contribution in [2.45, 2.75) is 4.90 Å². The summed E-state index contributed by atoms with van der Waals surface area (Å²) in [5.74, 6) is 0.591. The molecule has 6 nitrogen and oxygen atoms in total. The zero-order valence-corrected chi connectivity index (χ0v) is 12.0. The zero-order chi connectivity index (χ0) is 14.7. The van der Waals surface area contributed by atoms with Gasteiger partial charge in [-0.05, 0) is 24.0 Å². The lowest BCUT2D eigenvalue weighted by Crippen LogP contribution is -1.90. The van der Waals surface area contributed by atoms with E-state index in [1.165, 1.54) is 26.0 Å². The van der Waals surface area contributed by atoms with Crippen LogP contribution in [0.15, 0.2) is 32.7 Å². The molecule has 106 valence electrons. The van der Waals surface area contributed by atoms with Gasteiger partial charge in [-0.25, -0.2) is 0 Å². The van der Waals surface area contributed by atoms with Crippen molar-refractivity contribution in [1.82, 2.24) is 0 Å². The molecule has 0 bridgehead atoms. The van der Waals surface area contributed by atoms with E-state index in [2.05, 4.69) is 5.18 Å². The maximum atomic E-state index is 10.7. The topological polar surface area (TPSA) is 81.3 Å². The summed E-state index contributed by atoms with van der Waals surface area (Å²) in [7, 11) is 3.05. The summed E-state index contributed by atoms with van der Waals surface area (Å²) in [4.78, 5) is 11.2. The summed E-state index contributed by atoms with van der Waals surface area (Å²) in [6.07, 6.45) is 1.77. The first kappa shape index (κ1) is 14.3. The molecule has 0 fully saturated rings. The Kier molecular flexibility index (Phi) is 4.19. The fourth-order valence-corrected chi connectivity index (χ4v) is 2.55. The van der Waals surface area contributed by atoms with Crippen molar-refractivity contribution in [3.8, 4) is 28.6 Å². The summed E-state index contributed by atoms with van der Waals surface area (Å²) >= 11 is 1.27. The Balaban J connectivity index is 2.62. The lowest BCUT2D eigenvalue weighted by molar-refractivity contribution is 0.338. The average molecular weight is 295 g/mol. The first-order chi connectivity index (χ1) is 9.65. The molecule has 0 saturated heterocycles. The number of ether oxygens (including phenoxy) is 2. The van der Waals surface area contributed by atoms with E-state index in [0.717, 1.165) is 0 Å². The van der Waals surface area contributed by atoms with Gasteiger partial charge in [0.25, 0.3) is 11.8 Å². The number of rotatable bonds is 5. The molecule has 0 aliphatic carbocycles. The van der Waals surface area contributed by atoms with E-state index in [1.807, 2.05) is 0 Å². The van der Waals surface area contributed by atoms with Gasteiger partial charge < -0.3 is 19.0 Å². The van der Waals surface area contributed by atoms with E-state index in [0.29, 0.717) is 27.5 Å². The molecule has 1 N–H and O–H groups in total. The van der Waals surface area contributed by atoms with Crippen molar-refractivity contribution in [3.05, 3.63) is 23.1 Å². The Morgan fingerprint density at radius 2 is 1.95 bits per heavy atom. The van der Waals surface area contributed by atoms with Gasteiger partial charge in [-0.3, -0.25) is 0 Å². The van der Waals surface area contributed by atoms with Gasteiger partial charge in [0, 0.05) is 5.18 Å². The van der Waals surface area contributed by atoms with Crippen LogP contribution in [0.4, 0.5) is 5.88 Å². The third-order valence-electron chi connectivity index (χ3n) is 2.79. The highest BCUT2D eigenvalue weighted by atomic mass is 32.2. The minimum absolute atomic E-state index is 0.139. The molecular weight excluding hydrogens is 282 g/mol. The van der Waals surface area contributed by atoms with Crippen LogP contribution in [0.1, 0.15) is 0 Å². The molecule has 0 unspecified atom stereocenters. The smallest absolute Gasteiger partial charge is 0.293 e. The van der Waals surface area contributed by atoms with Gasteiger partial charge in [-0.2, -0.15) is 0 Å². The number of hydrogen-bond donors (Lipinski definition) is 1. The monoisotopic (exact) mass is 295 g/mol. The summed E-state index contributed by atoms with van der Waals surface area (Å²) < 4.78 is 15.3. The summed E-state index contributed by atoms with van der Waals surface area (Å²) in [5.41, 5.74) is 1.05. The molecule has 1 aromatic carbocycles. The molecule has 2 aromatic rings. The summed E-state index contributed by atoms with van der Waals surface area (Å²) in [6, 6.07) is 5.14. The normalized spacial score (nSPS) is 10.3. The summed E-state index contributed by atoms with van der Waals surface area (Å²) in [5, 5.41) is 12.6. The van der Waals surface area contributed by atoms with E-state index in [9.17, 15) is 10.0 Å². The first-order valence-corrected chi connectivity index (χ1v) is 6.84. The van der Waals surface area contributed by atoms with E-state index < -0.39 is 0 Å². The Hall–Kier alpha value is -2.15. The van der Waals surface area contributed by atoms with Crippen LogP contribution >= 0.6 is 11.8 Å². The average Bonchev–Trinajstić information content (AvgIpc) is 2.82. The predicted octanol–water partition coefficient (Wildman–Crippen LogP) is 3.79. The van der Waals surface area contributed by atoms with E-state index in [-0.39, 0.29) is 11.8 Å². The lowest BCUT2D eigenvalue weighted by atomic mass is 10.1. The molecule has 20 heavy (non-hydrogen) atoms. The molecule has 7 heteroatoms. The number of furan rings is 1. The van der Waals surface area contributed by atoms with Crippen molar-refractivity contribution in [1.29, 1.82) is 0 Å². The number of benzene rings is 1. The van der Waals surface area contributed by atoms with Crippen LogP contribution < -0.4 is 9.47 Å². The second-order valence-electron chi connectivity index (χ2n) is 3.78. The standard InChI is InChI=1S/C13H13NO5S/c1-17-8-5-4-7(6-9(8)18-2)10-11(20-3)12(14-16)19-13(10)15/h4-6,15H,1-3H3. The number of nitrogens with zero attached hydrogens (tertiary/aromatic N) is 1. The SMILES string of the molecule is COc1ccc(-c2c(O)oc(N=O)c2SC)cc1OC. The highest BCUT2D eigenvalue weighted by molar-refractivity contribution is 7.98. The van der Waals surface area contributed by atoms with Gasteiger partial charge in [0.05, 0.1) is 24.7 Å². The predicted molar refractivity (Wildman–Crippen MR) is 76.1 cm³/mol. The minimum Gasteiger partial charge on any atom is -0.493 e. The highest BCUT2D eigenvalue weighted by Gasteiger charge is 2.22. The Morgan fingerprint density at radius 3 is 2.50 bits per heavy atom. The number of methoxy groups -OCH3 is 2. The van der Waals surface area contributed by atoms with Crippen LogP contribution in [0.3, 0.4) is 0 Å². The van der Waals surface area contributed by atoms with Crippen LogP contribution in [0.5, 0.6) is 17.4 Å². The number of aromatic hydroxyl groups is 1. The highest BCUT2D eigenvalue weighted by Crippen LogP contribution is 2.47. The van der Waals surface area contributed by atoms with Crippen molar-refractivity contribution < 1.29 is 19.0 Å². The van der Waals surface area contributed by atoms with Gasteiger partial charge in [0.15, 0.2) is 11.5 Å². The fraction of sp³-hybridized carbons (Fsp3) is 0.231. The van der Waals surface area contributed by atoms with Crippen molar-refractivity contribution in [2.24, 2.45) is 5.18 Å². The maximum absolute atomic E-state index is 10.7. The second kappa shape index (κ2) is 5.87. The van der Waals surface area contributed by atoms with Gasteiger partial charge in [-0.1, -0.05) is 6.07 Å². The molecule has 0 spiro atoms. The number of hydrogen-bond acceptors (Lipinski definition) is 7. The molecule has 0 amide bonds. The Bertz CT molecular complexity index is 638. The molecular formula is C13H13NO5S. The molecule has 0 aliphatic heterocycles. The Labute approximate surface area is 119 Å². The number of thioether (sulfide) groups is 1. The number of nitroso groups, excluding NO2 is 1. The molecule has 1 heterocycles. The zero-order valence-electron chi connectivity index (χ0n) is 11.2. The minimum atomic E-state index is -0.351. The quantitative estimate of drug-likeness (QED) is 0.667. The molecule has 0 saturated carbocycles.